The Balaban J connectivity index is 2.63. The molecule has 0 aliphatic carbocycles. The number of ether oxygens (including phenoxy) is 1. The van der Waals surface area contributed by atoms with Crippen molar-refractivity contribution in [1.82, 2.24) is 4.98 Å². The molecule has 1 unspecified atom stereocenters. The third kappa shape index (κ3) is 5.83. The van der Waals surface area contributed by atoms with Crippen molar-refractivity contribution in [1.29, 1.82) is 0 Å². The first kappa shape index (κ1) is 15.6. The summed E-state index contributed by atoms with van der Waals surface area (Å²) in [6.45, 7) is 7.12. The van der Waals surface area contributed by atoms with Gasteiger partial charge in [0.1, 0.15) is 5.60 Å². The highest BCUT2D eigenvalue weighted by Gasteiger charge is 2.26. The number of esters is 1. The van der Waals surface area contributed by atoms with E-state index in [9.17, 15) is 9.59 Å². The van der Waals surface area contributed by atoms with Gasteiger partial charge in [-0.15, -0.1) is 11.3 Å². The van der Waals surface area contributed by atoms with Crippen LogP contribution in [0.2, 0.25) is 0 Å². The van der Waals surface area contributed by atoms with Gasteiger partial charge >= 0.3 is 11.9 Å². The zero-order valence-corrected chi connectivity index (χ0v) is 12.4. The summed E-state index contributed by atoms with van der Waals surface area (Å²) in [5.74, 6) is -2.29. The molecule has 6 heteroatoms. The molecule has 1 atom stereocenters. The molecule has 0 aliphatic heterocycles. The Morgan fingerprint density at radius 2 is 2.11 bits per heavy atom. The molecule has 0 aliphatic rings. The van der Waals surface area contributed by atoms with Gasteiger partial charge in [0.05, 0.1) is 23.0 Å². The van der Waals surface area contributed by atoms with Crippen molar-refractivity contribution in [2.24, 2.45) is 5.92 Å². The molecule has 106 valence electrons. The van der Waals surface area contributed by atoms with Gasteiger partial charge in [0.25, 0.3) is 0 Å². The number of aromatic nitrogens is 1. The van der Waals surface area contributed by atoms with Crippen LogP contribution in [0.4, 0.5) is 0 Å². The second kappa shape index (κ2) is 6.14. The lowest BCUT2D eigenvalue weighted by Crippen LogP contribution is -2.28. The fourth-order valence-electron chi connectivity index (χ4n) is 1.59. The maximum Gasteiger partial charge on any atom is 0.307 e. The number of carbonyl (C=O) groups excluding carboxylic acids is 1. The third-order valence-electron chi connectivity index (χ3n) is 2.30. The number of carboxylic acid groups (broad SMARTS) is 1. The highest BCUT2D eigenvalue weighted by Crippen LogP contribution is 2.18. The van der Waals surface area contributed by atoms with Gasteiger partial charge in [-0.25, -0.2) is 4.98 Å². The lowest BCUT2D eigenvalue weighted by molar-refractivity contribution is -0.159. The Labute approximate surface area is 116 Å². The fourth-order valence-corrected chi connectivity index (χ4v) is 2.21. The number of carbonyl (C=O) groups is 2. The zero-order chi connectivity index (χ0) is 14.6. The van der Waals surface area contributed by atoms with Crippen molar-refractivity contribution < 1.29 is 19.4 Å². The first-order valence-electron chi connectivity index (χ1n) is 6.03. The predicted molar refractivity (Wildman–Crippen MR) is 72.1 cm³/mol. The molecule has 1 N–H and O–H groups in total. The van der Waals surface area contributed by atoms with Gasteiger partial charge in [-0.05, 0) is 27.7 Å². The topological polar surface area (TPSA) is 76.5 Å². The Morgan fingerprint density at radius 3 is 2.53 bits per heavy atom. The largest absolute Gasteiger partial charge is 0.481 e. The summed E-state index contributed by atoms with van der Waals surface area (Å²) in [5, 5.41) is 11.9. The third-order valence-corrected chi connectivity index (χ3v) is 3.13. The van der Waals surface area contributed by atoms with E-state index in [4.69, 9.17) is 9.84 Å². The summed E-state index contributed by atoms with van der Waals surface area (Å²) in [7, 11) is 0. The van der Waals surface area contributed by atoms with E-state index in [-0.39, 0.29) is 12.8 Å². The lowest BCUT2D eigenvalue weighted by Gasteiger charge is -2.20. The van der Waals surface area contributed by atoms with Gasteiger partial charge in [-0.2, -0.15) is 0 Å². The predicted octanol–water partition coefficient (Wildman–Crippen LogP) is 2.43. The summed E-state index contributed by atoms with van der Waals surface area (Å²) in [5.41, 5.74) is 0.107. The van der Waals surface area contributed by atoms with E-state index in [0.717, 1.165) is 5.01 Å². The van der Waals surface area contributed by atoms with Crippen molar-refractivity contribution in [3.8, 4) is 0 Å². The average molecular weight is 285 g/mol. The summed E-state index contributed by atoms with van der Waals surface area (Å²) in [6, 6.07) is 0. The lowest BCUT2D eigenvalue weighted by atomic mass is 10.00. The number of thiazole rings is 1. The molecule has 0 radical (unpaired) electrons. The van der Waals surface area contributed by atoms with Gasteiger partial charge in [0.2, 0.25) is 0 Å². The minimum Gasteiger partial charge on any atom is -0.481 e. The number of aliphatic carboxylic acids is 1. The van der Waals surface area contributed by atoms with Crippen molar-refractivity contribution in [2.45, 2.75) is 46.1 Å². The first-order chi connectivity index (χ1) is 8.67. The SMILES string of the molecule is Cc1nc(CC(CC(=O)OC(C)(C)C)C(=O)O)cs1. The summed E-state index contributed by atoms with van der Waals surface area (Å²) >= 11 is 1.47. The fraction of sp³-hybridized carbons (Fsp3) is 0.615. The molecule has 0 fully saturated rings. The highest BCUT2D eigenvalue weighted by atomic mass is 32.1. The zero-order valence-electron chi connectivity index (χ0n) is 11.6. The number of nitrogens with zero attached hydrogens (tertiary/aromatic N) is 1. The number of hydrogen-bond acceptors (Lipinski definition) is 5. The summed E-state index contributed by atoms with van der Waals surface area (Å²) in [6.07, 6.45) is 0.113. The van der Waals surface area contributed by atoms with E-state index in [1.807, 2.05) is 12.3 Å². The molecule has 0 aromatic carbocycles. The van der Waals surface area contributed by atoms with Crippen LogP contribution in [0.25, 0.3) is 0 Å². The van der Waals surface area contributed by atoms with Crippen molar-refractivity contribution in [2.75, 3.05) is 0 Å². The van der Waals surface area contributed by atoms with Crippen LogP contribution >= 0.6 is 11.3 Å². The molecule has 0 bridgehead atoms. The molecule has 1 heterocycles. The van der Waals surface area contributed by atoms with Crippen LogP contribution in [0.15, 0.2) is 5.38 Å². The molecule has 19 heavy (non-hydrogen) atoms. The summed E-state index contributed by atoms with van der Waals surface area (Å²) in [4.78, 5) is 27.1. The minimum atomic E-state index is -1.00. The van der Waals surface area contributed by atoms with Crippen molar-refractivity contribution in [3.05, 3.63) is 16.1 Å². The van der Waals surface area contributed by atoms with E-state index in [1.165, 1.54) is 11.3 Å². The highest BCUT2D eigenvalue weighted by molar-refractivity contribution is 7.09. The van der Waals surface area contributed by atoms with Crippen molar-refractivity contribution >= 4 is 23.3 Å². The molecule has 0 saturated heterocycles. The maximum atomic E-state index is 11.7. The molecule has 0 amide bonds. The van der Waals surface area contributed by atoms with E-state index in [1.54, 1.807) is 20.8 Å². The monoisotopic (exact) mass is 285 g/mol. The van der Waals surface area contributed by atoms with Crippen LogP contribution in [-0.4, -0.2) is 27.6 Å². The van der Waals surface area contributed by atoms with Crippen LogP contribution in [0.3, 0.4) is 0 Å². The Morgan fingerprint density at radius 1 is 1.47 bits per heavy atom. The summed E-state index contributed by atoms with van der Waals surface area (Å²) < 4.78 is 5.14. The van der Waals surface area contributed by atoms with Crippen LogP contribution in [0, 0.1) is 12.8 Å². The molecule has 1 aromatic heterocycles. The van der Waals surface area contributed by atoms with E-state index in [2.05, 4.69) is 4.98 Å². The first-order valence-corrected chi connectivity index (χ1v) is 6.91. The molecule has 0 spiro atoms. The van der Waals surface area contributed by atoms with Gasteiger partial charge < -0.3 is 9.84 Å². The van der Waals surface area contributed by atoms with Crippen LogP contribution in [0.5, 0.6) is 0 Å². The van der Waals surface area contributed by atoms with E-state index >= 15 is 0 Å². The van der Waals surface area contributed by atoms with Gasteiger partial charge in [-0.1, -0.05) is 0 Å². The Hall–Kier alpha value is -1.43. The quantitative estimate of drug-likeness (QED) is 0.841. The normalized spacial score (nSPS) is 13.1. The second-order valence-electron chi connectivity index (χ2n) is 5.39. The Bertz CT molecular complexity index is 461. The van der Waals surface area contributed by atoms with Crippen LogP contribution < -0.4 is 0 Å². The van der Waals surface area contributed by atoms with Gasteiger partial charge in [-0.3, -0.25) is 9.59 Å². The van der Waals surface area contributed by atoms with E-state index in [0.29, 0.717) is 5.69 Å². The Kier molecular flexibility index (Phi) is 5.05. The second-order valence-corrected chi connectivity index (χ2v) is 6.45. The van der Waals surface area contributed by atoms with E-state index < -0.39 is 23.5 Å². The number of rotatable bonds is 5. The number of carboxylic acids is 1. The molecule has 1 aromatic rings. The standard InChI is InChI=1S/C13H19NO4S/c1-8-14-10(7-19-8)5-9(12(16)17)6-11(15)18-13(2,3)4/h7,9H,5-6H2,1-4H3,(H,16,17). The molecule has 5 nitrogen and oxygen atoms in total. The smallest absolute Gasteiger partial charge is 0.307 e. The minimum absolute atomic E-state index is 0.136. The molecular weight excluding hydrogens is 266 g/mol. The molecule has 1 rings (SSSR count). The average Bonchev–Trinajstić information content (AvgIpc) is 2.60. The van der Waals surface area contributed by atoms with Gasteiger partial charge in [0.15, 0.2) is 0 Å². The molecular formula is C13H19NO4S. The molecule has 0 saturated carbocycles. The van der Waals surface area contributed by atoms with Crippen LogP contribution in [0.1, 0.15) is 37.9 Å². The van der Waals surface area contributed by atoms with Crippen molar-refractivity contribution in [3.63, 3.8) is 0 Å². The maximum absolute atomic E-state index is 11.7. The number of hydrogen-bond donors (Lipinski definition) is 1. The van der Waals surface area contributed by atoms with Gasteiger partial charge in [0, 0.05) is 11.8 Å². The van der Waals surface area contributed by atoms with Crippen LogP contribution in [-0.2, 0) is 20.7 Å². The number of aryl methyl sites for hydroxylation is 1.